The first kappa shape index (κ1) is 9.71. The van der Waals surface area contributed by atoms with Crippen molar-refractivity contribution in [2.75, 3.05) is 0 Å². The maximum atomic E-state index is 11.9. The van der Waals surface area contributed by atoms with Crippen LogP contribution in [0, 0.1) is 5.41 Å². The molecule has 1 aliphatic carbocycles. The van der Waals surface area contributed by atoms with E-state index in [1.54, 1.807) is 13.0 Å². The predicted molar refractivity (Wildman–Crippen MR) is 51.6 cm³/mol. The van der Waals surface area contributed by atoms with E-state index in [-0.39, 0.29) is 5.78 Å². The molecule has 2 aliphatic rings. The lowest BCUT2D eigenvalue weighted by molar-refractivity contribution is -0.142. The van der Waals surface area contributed by atoms with E-state index in [9.17, 15) is 9.90 Å². The highest BCUT2D eigenvalue weighted by Crippen LogP contribution is 2.52. The summed E-state index contributed by atoms with van der Waals surface area (Å²) >= 11 is 0. The van der Waals surface area contributed by atoms with Crippen molar-refractivity contribution in [3.8, 4) is 0 Å². The summed E-state index contributed by atoms with van der Waals surface area (Å²) in [5.74, 6) is 0.740. The van der Waals surface area contributed by atoms with Crippen LogP contribution in [0.2, 0.25) is 0 Å². The maximum Gasteiger partial charge on any atom is 0.168 e. The molecular weight excluding hydrogens is 180 g/mol. The quantitative estimate of drug-likeness (QED) is 0.637. The van der Waals surface area contributed by atoms with Gasteiger partial charge in [0.1, 0.15) is 5.60 Å². The normalized spacial score (nSPS) is 47.0. The molecule has 1 heterocycles. The van der Waals surface area contributed by atoms with Crippen LogP contribution in [0.15, 0.2) is 11.8 Å². The van der Waals surface area contributed by atoms with Crippen LogP contribution in [0.25, 0.3) is 0 Å². The number of allylic oxidation sites excluding steroid dienone is 2. The van der Waals surface area contributed by atoms with Crippen molar-refractivity contribution >= 4 is 5.78 Å². The summed E-state index contributed by atoms with van der Waals surface area (Å²) in [6.45, 7) is 5.58. The fourth-order valence-electron chi connectivity index (χ4n) is 2.68. The minimum Gasteiger partial charge on any atom is -0.491 e. The molecule has 0 saturated heterocycles. The molecule has 0 spiro atoms. The molecule has 3 atom stereocenters. The summed E-state index contributed by atoms with van der Waals surface area (Å²) in [6, 6.07) is 0. The van der Waals surface area contributed by atoms with Gasteiger partial charge in [-0.25, -0.2) is 0 Å². The van der Waals surface area contributed by atoms with Crippen molar-refractivity contribution in [1.82, 2.24) is 0 Å². The maximum absolute atomic E-state index is 11.9. The Morgan fingerprint density at radius 1 is 1.50 bits per heavy atom. The Labute approximate surface area is 83.8 Å². The molecule has 78 valence electrons. The van der Waals surface area contributed by atoms with Crippen molar-refractivity contribution < 1.29 is 14.6 Å². The van der Waals surface area contributed by atoms with Gasteiger partial charge in [0.2, 0.25) is 0 Å². The van der Waals surface area contributed by atoms with Gasteiger partial charge in [-0.3, -0.25) is 4.79 Å². The van der Waals surface area contributed by atoms with Crippen LogP contribution in [-0.4, -0.2) is 22.6 Å². The molecule has 3 unspecified atom stereocenters. The van der Waals surface area contributed by atoms with Gasteiger partial charge in [0.25, 0.3) is 0 Å². The Morgan fingerprint density at radius 2 is 2.14 bits per heavy atom. The molecule has 0 radical (unpaired) electrons. The lowest BCUT2D eigenvalue weighted by Crippen LogP contribution is -2.48. The number of fused-ring (bicyclic) bond motifs is 1. The SMILES string of the molecule is CC1=CC(=O)C2(C)CC(O)CC2(C)O1. The topological polar surface area (TPSA) is 46.5 Å². The Bertz CT molecular complexity index is 320. The summed E-state index contributed by atoms with van der Waals surface area (Å²) in [7, 11) is 0. The van der Waals surface area contributed by atoms with E-state index < -0.39 is 17.1 Å². The molecule has 0 aromatic rings. The highest BCUT2D eigenvalue weighted by atomic mass is 16.5. The van der Waals surface area contributed by atoms with Crippen LogP contribution in [0.1, 0.15) is 33.6 Å². The van der Waals surface area contributed by atoms with E-state index in [1.807, 2.05) is 13.8 Å². The van der Waals surface area contributed by atoms with Crippen molar-refractivity contribution in [2.24, 2.45) is 5.41 Å². The van der Waals surface area contributed by atoms with Crippen molar-refractivity contribution in [3.05, 3.63) is 11.8 Å². The zero-order chi connectivity index (χ0) is 10.6. The van der Waals surface area contributed by atoms with Gasteiger partial charge in [0.05, 0.1) is 17.3 Å². The molecule has 1 saturated carbocycles. The monoisotopic (exact) mass is 196 g/mol. The summed E-state index contributed by atoms with van der Waals surface area (Å²) in [6.07, 6.45) is 2.17. The van der Waals surface area contributed by atoms with Gasteiger partial charge in [-0.15, -0.1) is 0 Å². The first-order valence-electron chi connectivity index (χ1n) is 4.97. The second kappa shape index (κ2) is 2.60. The van der Waals surface area contributed by atoms with Crippen LogP contribution >= 0.6 is 0 Å². The average Bonchev–Trinajstić information content (AvgIpc) is 2.21. The molecule has 0 aromatic carbocycles. The van der Waals surface area contributed by atoms with Gasteiger partial charge >= 0.3 is 0 Å². The number of hydrogen-bond donors (Lipinski definition) is 1. The van der Waals surface area contributed by atoms with Crippen LogP contribution in [0.5, 0.6) is 0 Å². The standard InChI is InChI=1S/C11H16O3/c1-7-4-9(13)10(2)5-8(12)6-11(10,3)14-7/h4,8,12H,5-6H2,1-3H3. The molecule has 1 fully saturated rings. The molecule has 0 bridgehead atoms. The molecule has 1 aliphatic heterocycles. The van der Waals surface area contributed by atoms with E-state index in [4.69, 9.17) is 4.74 Å². The van der Waals surface area contributed by atoms with Gasteiger partial charge in [-0.1, -0.05) is 0 Å². The second-order valence-electron chi connectivity index (χ2n) is 4.85. The number of aliphatic hydroxyl groups excluding tert-OH is 1. The lowest BCUT2D eigenvalue weighted by Gasteiger charge is -2.42. The van der Waals surface area contributed by atoms with E-state index in [1.165, 1.54) is 0 Å². The zero-order valence-electron chi connectivity index (χ0n) is 8.83. The lowest BCUT2D eigenvalue weighted by atomic mass is 9.72. The molecule has 3 heteroatoms. The first-order chi connectivity index (χ1) is 6.37. The number of aliphatic hydroxyl groups is 1. The van der Waals surface area contributed by atoms with Gasteiger partial charge in [0, 0.05) is 12.5 Å². The third kappa shape index (κ3) is 1.05. The molecular formula is C11H16O3. The molecule has 0 aromatic heterocycles. The largest absolute Gasteiger partial charge is 0.491 e. The first-order valence-corrected chi connectivity index (χ1v) is 4.97. The van der Waals surface area contributed by atoms with E-state index >= 15 is 0 Å². The van der Waals surface area contributed by atoms with Gasteiger partial charge in [-0.2, -0.15) is 0 Å². The van der Waals surface area contributed by atoms with Gasteiger partial charge < -0.3 is 9.84 Å². The van der Waals surface area contributed by atoms with Gasteiger partial charge in [-0.05, 0) is 27.2 Å². The van der Waals surface area contributed by atoms with Crippen LogP contribution in [0.3, 0.4) is 0 Å². The Morgan fingerprint density at radius 3 is 2.79 bits per heavy atom. The summed E-state index contributed by atoms with van der Waals surface area (Å²) < 4.78 is 5.72. The smallest absolute Gasteiger partial charge is 0.168 e. The van der Waals surface area contributed by atoms with E-state index in [2.05, 4.69) is 0 Å². The Balaban J connectivity index is 2.46. The molecule has 14 heavy (non-hydrogen) atoms. The van der Waals surface area contributed by atoms with Crippen molar-refractivity contribution in [3.63, 3.8) is 0 Å². The summed E-state index contributed by atoms with van der Waals surface area (Å²) in [5, 5.41) is 9.64. The van der Waals surface area contributed by atoms with E-state index in [0.29, 0.717) is 18.6 Å². The highest BCUT2D eigenvalue weighted by molar-refractivity contribution is 5.97. The molecule has 0 amide bonds. The van der Waals surface area contributed by atoms with Crippen LogP contribution in [0.4, 0.5) is 0 Å². The average molecular weight is 196 g/mol. The highest BCUT2D eigenvalue weighted by Gasteiger charge is 2.59. The van der Waals surface area contributed by atoms with Crippen molar-refractivity contribution in [2.45, 2.75) is 45.3 Å². The fourth-order valence-corrected chi connectivity index (χ4v) is 2.68. The Kier molecular flexibility index (Phi) is 1.80. The zero-order valence-corrected chi connectivity index (χ0v) is 8.83. The summed E-state index contributed by atoms with van der Waals surface area (Å²) in [4.78, 5) is 11.9. The minimum atomic E-state index is -0.550. The number of rotatable bonds is 0. The third-order valence-electron chi connectivity index (χ3n) is 3.70. The molecule has 1 N–H and O–H groups in total. The Hall–Kier alpha value is -0.830. The third-order valence-corrected chi connectivity index (χ3v) is 3.70. The summed E-state index contributed by atoms with van der Waals surface area (Å²) in [5.41, 5.74) is -1.08. The molecule has 3 nitrogen and oxygen atoms in total. The number of carbonyl (C=O) groups excluding carboxylic acids is 1. The number of hydrogen-bond acceptors (Lipinski definition) is 3. The second-order valence-corrected chi connectivity index (χ2v) is 4.85. The van der Waals surface area contributed by atoms with Gasteiger partial charge in [0.15, 0.2) is 5.78 Å². The van der Waals surface area contributed by atoms with E-state index in [0.717, 1.165) is 0 Å². The van der Waals surface area contributed by atoms with Crippen molar-refractivity contribution in [1.29, 1.82) is 0 Å². The van der Waals surface area contributed by atoms with Crippen LogP contribution in [-0.2, 0) is 9.53 Å². The predicted octanol–water partition coefficient (Wildman–Crippen LogP) is 1.41. The van der Waals surface area contributed by atoms with Crippen LogP contribution < -0.4 is 0 Å². The minimum absolute atomic E-state index is 0.0836. The number of ether oxygens (including phenoxy) is 1. The number of carbonyl (C=O) groups is 1. The fraction of sp³-hybridized carbons (Fsp3) is 0.727. The number of ketones is 1. The molecule has 2 rings (SSSR count).